The van der Waals surface area contributed by atoms with Crippen LogP contribution in [-0.4, -0.2) is 11.4 Å². The van der Waals surface area contributed by atoms with E-state index in [4.69, 9.17) is 5.26 Å². The molecule has 0 aromatic heterocycles. The first-order chi connectivity index (χ1) is 6.69. The molecule has 3 heteroatoms. The second kappa shape index (κ2) is 4.35. The molecule has 1 aromatic carbocycles. The predicted molar refractivity (Wildman–Crippen MR) is 51.3 cm³/mol. The number of carbonyl (C=O) groups is 1. The Hall–Kier alpha value is -1.92. The van der Waals surface area contributed by atoms with Gasteiger partial charge in [0.1, 0.15) is 12.4 Å². The van der Waals surface area contributed by atoms with Gasteiger partial charge in [0.05, 0.1) is 11.6 Å². The topological polar surface area (TPSA) is 61.1 Å². The highest BCUT2D eigenvalue weighted by Crippen LogP contribution is 2.19. The number of rotatable bonds is 3. The first-order valence-corrected chi connectivity index (χ1v) is 4.01. The Morgan fingerprint density at radius 2 is 2.36 bits per heavy atom. The van der Waals surface area contributed by atoms with E-state index in [1.54, 1.807) is 18.2 Å². The van der Waals surface area contributed by atoms with E-state index in [9.17, 15) is 9.90 Å². The Labute approximate surface area is 81.9 Å². The van der Waals surface area contributed by atoms with Crippen LogP contribution in [0.3, 0.4) is 0 Å². The van der Waals surface area contributed by atoms with Gasteiger partial charge in [-0.15, -0.1) is 0 Å². The van der Waals surface area contributed by atoms with Crippen LogP contribution in [0, 0.1) is 11.3 Å². The van der Waals surface area contributed by atoms with Crippen molar-refractivity contribution in [2.45, 2.75) is 6.10 Å². The third kappa shape index (κ3) is 2.06. The Balaban J connectivity index is 3.02. The number of aliphatic hydroxyl groups excluding tert-OH is 1. The quantitative estimate of drug-likeness (QED) is 0.573. The number of benzene rings is 1. The number of hydrogen-bond donors (Lipinski definition) is 1. The largest absolute Gasteiger partial charge is 0.384 e. The fourth-order valence-electron chi connectivity index (χ4n) is 1.06. The smallest absolute Gasteiger partial charge is 0.148 e. The second-order valence-corrected chi connectivity index (χ2v) is 2.83. The molecule has 0 amide bonds. The molecular weight excluding hydrogens is 178 g/mol. The normalized spacial score (nSPS) is 11.4. The summed E-state index contributed by atoms with van der Waals surface area (Å²) >= 11 is 0. The lowest BCUT2D eigenvalue weighted by Gasteiger charge is -2.09. The summed E-state index contributed by atoms with van der Waals surface area (Å²) in [5.74, 6) is 0. The minimum absolute atomic E-state index is 0.0834. The monoisotopic (exact) mass is 187 g/mol. The van der Waals surface area contributed by atoms with Gasteiger partial charge in [-0.05, 0) is 17.7 Å². The van der Waals surface area contributed by atoms with Crippen LogP contribution < -0.4 is 0 Å². The highest BCUT2D eigenvalue weighted by molar-refractivity contribution is 5.74. The van der Waals surface area contributed by atoms with Gasteiger partial charge in [-0.25, -0.2) is 0 Å². The van der Waals surface area contributed by atoms with Crippen molar-refractivity contribution < 1.29 is 9.90 Å². The van der Waals surface area contributed by atoms with Crippen LogP contribution in [0.4, 0.5) is 0 Å². The number of hydrogen-bond acceptors (Lipinski definition) is 3. The molecule has 0 aliphatic carbocycles. The van der Waals surface area contributed by atoms with Crippen LogP contribution in [0.5, 0.6) is 0 Å². The van der Waals surface area contributed by atoms with Gasteiger partial charge in [0.15, 0.2) is 0 Å². The summed E-state index contributed by atoms with van der Waals surface area (Å²) in [4.78, 5) is 10.3. The number of aliphatic hydroxyl groups is 1. The van der Waals surface area contributed by atoms with Crippen LogP contribution in [0.1, 0.15) is 17.2 Å². The van der Waals surface area contributed by atoms with Gasteiger partial charge in [-0.2, -0.15) is 5.26 Å². The molecule has 0 fully saturated rings. The van der Waals surface area contributed by atoms with E-state index >= 15 is 0 Å². The lowest BCUT2D eigenvalue weighted by Crippen LogP contribution is -2.01. The lowest BCUT2D eigenvalue weighted by atomic mass is 10.0. The van der Waals surface area contributed by atoms with E-state index in [1.807, 2.05) is 6.07 Å². The van der Waals surface area contributed by atoms with Crippen molar-refractivity contribution in [3.05, 3.63) is 47.5 Å². The molecule has 1 unspecified atom stereocenters. The standard InChI is InChI=1S/C11H9NO2/c1-8(7-13)11(14)10-4-2-3-9(5-10)6-12/h2-5,7,11,14H,1H2. The van der Waals surface area contributed by atoms with Crippen molar-refractivity contribution in [1.82, 2.24) is 0 Å². The molecule has 0 bridgehead atoms. The lowest BCUT2D eigenvalue weighted by molar-refractivity contribution is -0.105. The van der Waals surface area contributed by atoms with Crippen molar-refractivity contribution in [2.75, 3.05) is 0 Å². The van der Waals surface area contributed by atoms with Crippen molar-refractivity contribution in [2.24, 2.45) is 0 Å². The van der Waals surface area contributed by atoms with Gasteiger partial charge in [0.2, 0.25) is 0 Å². The zero-order valence-corrected chi connectivity index (χ0v) is 7.47. The third-order valence-electron chi connectivity index (χ3n) is 1.83. The molecule has 1 rings (SSSR count). The van der Waals surface area contributed by atoms with E-state index < -0.39 is 6.10 Å². The molecule has 0 aliphatic heterocycles. The highest BCUT2D eigenvalue weighted by atomic mass is 16.3. The van der Waals surface area contributed by atoms with Gasteiger partial charge >= 0.3 is 0 Å². The maximum atomic E-state index is 10.3. The maximum Gasteiger partial charge on any atom is 0.148 e. The molecule has 1 N–H and O–H groups in total. The summed E-state index contributed by atoms with van der Waals surface area (Å²) in [6.45, 7) is 3.40. The SMILES string of the molecule is C=C(C=O)C(O)c1cccc(C#N)c1. The van der Waals surface area contributed by atoms with E-state index in [-0.39, 0.29) is 5.57 Å². The summed E-state index contributed by atoms with van der Waals surface area (Å²) < 4.78 is 0. The summed E-state index contributed by atoms with van der Waals surface area (Å²) in [5.41, 5.74) is 1.03. The number of nitrogens with zero attached hydrogens (tertiary/aromatic N) is 1. The van der Waals surface area contributed by atoms with E-state index in [0.717, 1.165) is 0 Å². The molecule has 3 nitrogen and oxygen atoms in total. The Kier molecular flexibility index (Phi) is 3.16. The Morgan fingerprint density at radius 3 is 2.93 bits per heavy atom. The van der Waals surface area contributed by atoms with Crippen LogP contribution in [0.15, 0.2) is 36.4 Å². The number of nitriles is 1. The van der Waals surface area contributed by atoms with E-state index in [2.05, 4.69) is 6.58 Å². The molecular formula is C11H9NO2. The minimum atomic E-state index is -1.03. The molecule has 0 aliphatic rings. The van der Waals surface area contributed by atoms with Crippen LogP contribution in [0.25, 0.3) is 0 Å². The molecule has 1 aromatic rings. The molecule has 0 saturated carbocycles. The zero-order valence-electron chi connectivity index (χ0n) is 7.47. The van der Waals surface area contributed by atoms with Gasteiger partial charge < -0.3 is 5.11 Å². The predicted octanol–water partition coefficient (Wildman–Crippen LogP) is 1.35. The summed E-state index contributed by atoms with van der Waals surface area (Å²) in [7, 11) is 0. The molecule has 0 heterocycles. The minimum Gasteiger partial charge on any atom is -0.384 e. The molecule has 0 radical (unpaired) electrons. The summed E-state index contributed by atoms with van der Waals surface area (Å²) in [5, 5.41) is 18.2. The fourth-order valence-corrected chi connectivity index (χ4v) is 1.06. The van der Waals surface area contributed by atoms with Crippen molar-refractivity contribution >= 4 is 6.29 Å². The molecule has 14 heavy (non-hydrogen) atoms. The van der Waals surface area contributed by atoms with E-state index in [1.165, 1.54) is 6.07 Å². The number of aldehydes is 1. The third-order valence-corrected chi connectivity index (χ3v) is 1.83. The van der Waals surface area contributed by atoms with Crippen molar-refractivity contribution in [3.8, 4) is 6.07 Å². The summed E-state index contributed by atoms with van der Waals surface area (Å²) in [6, 6.07) is 8.39. The molecule has 0 saturated heterocycles. The van der Waals surface area contributed by atoms with Crippen molar-refractivity contribution in [3.63, 3.8) is 0 Å². The molecule has 70 valence electrons. The first kappa shape index (κ1) is 10.2. The highest BCUT2D eigenvalue weighted by Gasteiger charge is 2.10. The Bertz CT molecular complexity index is 404. The molecule has 1 atom stereocenters. The average Bonchev–Trinajstić information content (AvgIpc) is 2.27. The van der Waals surface area contributed by atoms with Crippen LogP contribution in [-0.2, 0) is 4.79 Å². The first-order valence-electron chi connectivity index (χ1n) is 4.01. The summed E-state index contributed by atoms with van der Waals surface area (Å²) in [6.07, 6.45) is -0.523. The van der Waals surface area contributed by atoms with Gasteiger partial charge in [-0.3, -0.25) is 4.79 Å². The van der Waals surface area contributed by atoms with Gasteiger partial charge in [0, 0.05) is 5.57 Å². The zero-order chi connectivity index (χ0) is 10.6. The number of carbonyl (C=O) groups excluding carboxylic acids is 1. The average molecular weight is 187 g/mol. The molecule has 0 spiro atoms. The van der Waals surface area contributed by atoms with Gasteiger partial charge in [-0.1, -0.05) is 18.7 Å². The maximum absolute atomic E-state index is 10.3. The van der Waals surface area contributed by atoms with Crippen LogP contribution in [0.2, 0.25) is 0 Å². The second-order valence-electron chi connectivity index (χ2n) is 2.83. The van der Waals surface area contributed by atoms with E-state index in [0.29, 0.717) is 17.4 Å². The van der Waals surface area contributed by atoms with Crippen molar-refractivity contribution in [1.29, 1.82) is 5.26 Å². The van der Waals surface area contributed by atoms with Gasteiger partial charge in [0.25, 0.3) is 0 Å². The van der Waals surface area contributed by atoms with Crippen LogP contribution >= 0.6 is 0 Å². The fraction of sp³-hybridized carbons (Fsp3) is 0.0909. The Morgan fingerprint density at radius 1 is 1.64 bits per heavy atom.